The first-order chi connectivity index (χ1) is 7.30. The highest BCUT2D eigenvalue weighted by atomic mass is 32.1. The summed E-state index contributed by atoms with van der Waals surface area (Å²) >= 11 is 1.63. The maximum Gasteiger partial charge on any atom is 0.125 e. The first-order valence-corrected chi connectivity index (χ1v) is 5.96. The number of thiazole rings is 1. The second-order valence-electron chi connectivity index (χ2n) is 3.66. The van der Waals surface area contributed by atoms with Gasteiger partial charge >= 0.3 is 0 Å². The molecule has 0 amide bonds. The Morgan fingerprint density at radius 3 is 2.87 bits per heavy atom. The maximum atomic E-state index is 5.65. The van der Waals surface area contributed by atoms with Crippen LogP contribution in [0.25, 0.3) is 0 Å². The number of nitrogens with zero attached hydrogens (tertiary/aromatic N) is 1. The Balaban J connectivity index is 2.24. The topological polar surface area (TPSA) is 57.4 Å². The summed E-state index contributed by atoms with van der Waals surface area (Å²) in [6, 6.07) is 0. The van der Waals surface area contributed by atoms with Crippen LogP contribution in [0.5, 0.6) is 0 Å². The molecule has 1 fully saturated rings. The largest absolute Gasteiger partial charge is 0.381 e. The Labute approximate surface area is 93.4 Å². The summed E-state index contributed by atoms with van der Waals surface area (Å²) in [5.74, 6) is 0. The van der Waals surface area contributed by atoms with Crippen molar-refractivity contribution >= 4 is 11.3 Å². The average molecular weight is 228 g/mol. The van der Waals surface area contributed by atoms with Gasteiger partial charge in [0.2, 0.25) is 0 Å². The van der Waals surface area contributed by atoms with Crippen LogP contribution in [-0.2, 0) is 21.6 Å². The van der Waals surface area contributed by atoms with Gasteiger partial charge in [0.25, 0.3) is 0 Å². The van der Waals surface area contributed by atoms with Crippen molar-refractivity contribution in [1.82, 2.24) is 4.98 Å². The van der Waals surface area contributed by atoms with Crippen LogP contribution < -0.4 is 5.73 Å². The van der Waals surface area contributed by atoms with Crippen molar-refractivity contribution in [3.63, 3.8) is 0 Å². The van der Waals surface area contributed by atoms with Gasteiger partial charge in [0.1, 0.15) is 10.6 Å². The van der Waals surface area contributed by atoms with Crippen molar-refractivity contribution in [3.05, 3.63) is 16.1 Å². The quantitative estimate of drug-likeness (QED) is 0.846. The Hall–Kier alpha value is -0.490. The first kappa shape index (κ1) is 11.0. The Morgan fingerprint density at radius 2 is 2.33 bits per heavy atom. The van der Waals surface area contributed by atoms with Gasteiger partial charge < -0.3 is 15.2 Å². The fourth-order valence-corrected chi connectivity index (χ4v) is 2.89. The number of nitrogens with two attached hydrogens (primary N) is 1. The van der Waals surface area contributed by atoms with Gasteiger partial charge in [0.05, 0.1) is 5.69 Å². The Bertz CT molecular complexity index is 321. The SMILES string of the molecule is COC1(c2nc(CN)cs2)CCOCC1. The minimum absolute atomic E-state index is 0.240. The van der Waals surface area contributed by atoms with Crippen molar-refractivity contribution in [2.24, 2.45) is 5.73 Å². The molecule has 1 aromatic heterocycles. The van der Waals surface area contributed by atoms with Crippen LogP contribution >= 0.6 is 11.3 Å². The molecule has 1 aromatic rings. The fraction of sp³-hybridized carbons (Fsp3) is 0.700. The van der Waals surface area contributed by atoms with Crippen molar-refractivity contribution in [2.75, 3.05) is 20.3 Å². The third-order valence-electron chi connectivity index (χ3n) is 2.84. The molecule has 0 unspecified atom stereocenters. The number of rotatable bonds is 3. The molecule has 15 heavy (non-hydrogen) atoms. The lowest BCUT2D eigenvalue weighted by molar-refractivity contribution is -0.0948. The van der Waals surface area contributed by atoms with Crippen LogP contribution in [0, 0.1) is 0 Å². The molecule has 1 saturated heterocycles. The van der Waals surface area contributed by atoms with E-state index in [0.29, 0.717) is 6.54 Å². The van der Waals surface area contributed by atoms with E-state index in [-0.39, 0.29) is 5.60 Å². The zero-order valence-electron chi connectivity index (χ0n) is 8.86. The second kappa shape index (κ2) is 4.57. The molecule has 0 spiro atoms. The average Bonchev–Trinajstić information content (AvgIpc) is 2.79. The van der Waals surface area contributed by atoms with E-state index in [9.17, 15) is 0 Å². The molecule has 0 saturated carbocycles. The lowest BCUT2D eigenvalue weighted by Gasteiger charge is -2.33. The second-order valence-corrected chi connectivity index (χ2v) is 4.52. The number of hydrogen-bond donors (Lipinski definition) is 1. The standard InChI is InChI=1S/C10H16N2O2S/c1-13-10(2-4-14-5-3-10)9-12-8(6-11)7-15-9/h7H,2-6,11H2,1H3. The first-order valence-electron chi connectivity index (χ1n) is 5.08. The van der Waals surface area contributed by atoms with Gasteiger partial charge in [0, 0.05) is 45.1 Å². The number of hydrogen-bond acceptors (Lipinski definition) is 5. The molecule has 2 N–H and O–H groups in total. The summed E-state index contributed by atoms with van der Waals surface area (Å²) in [7, 11) is 1.74. The Kier molecular flexibility index (Phi) is 3.35. The molecule has 84 valence electrons. The third kappa shape index (κ3) is 2.06. The van der Waals surface area contributed by atoms with E-state index in [0.717, 1.165) is 36.8 Å². The maximum absolute atomic E-state index is 5.65. The van der Waals surface area contributed by atoms with Crippen LogP contribution in [0.15, 0.2) is 5.38 Å². The van der Waals surface area contributed by atoms with Crippen LogP contribution in [-0.4, -0.2) is 25.3 Å². The van der Waals surface area contributed by atoms with Gasteiger partial charge in [-0.3, -0.25) is 0 Å². The van der Waals surface area contributed by atoms with E-state index in [2.05, 4.69) is 4.98 Å². The number of methoxy groups -OCH3 is 1. The van der Waals surface area contributed by atoms with Crippen LogP contribution in [0.1, 0.15) is 23.5 Å². The van der Waals surface area contributed by atoms with E-state index in [1.165, 1.54) is 0 Å². The zero-order valence-corrected chi connectivity index (χ0v) is 9.68. The lowest BCUT2D eigenvalue weighted by atomic mass is 9.95. The summed E-state index contributed by atoms with van der Waals surface area (Å²) in [4.78, 5) is 4.51. The molecule has 5 heteroatoms. The molecule has 1 aliphatic rings. The van der Waals surface area contributed by atoms with E-state index in [4.69, 9.17) is 15.2 Å². The molecule has 0 bridgehead atoms. The monoisotopic (exact) mass is 228 g/mol. The molecule has 0 radical (unpaired) electrons. The van der Waals surface area contributed by atoms with E-state index in [1.54, 1.807) is 18.4 Å². The smallest absolute Gasteiger partial charge is 0.125 e. The fourth-order valence-electron chi connectivity index (χ4n) is 1.82. The molecule has 0 aromatic carbocycles. The molecular formula is C10H16N2O2S. The highest BCUT2D eigenvalue weighted by Crippen LogP contribution is 2.37. The summed E-state index contributed by atoms with van der Waals surface area (Å²) in [5, 5.41) is 3.04. The highest BCUT2D eigenvalue weighted by Gasteiger charge is 2.37. The van der Waals surface area contributed by atoms with Crippen molar-refractivity contribution in [1.29, 1.82) is 0 Å². The van der Waals surface area contributed by atoms with Gasteiger partial charge in [-0.25, -0.2) is 4.98 Å². The molecular weight excluding hydrogens is 212 g/mol. The zero-order chi connectivity index (χ0) is 10.7. The molecule has 4 nitrogen and oxygen atoms in total. The van der Waals surface area contributed by atoms with E-state index >= 15 is 0 Å². The van der Waals surface area contributed by atoms with Gasteiger partial charge in [-0.05, 0) is 0 Å². The van der Waals surface area contributed by atoms with Crippen molar-refractivity contribution in [2.45, 2.75) is 25.0 Å². The van der Waals surface area contributed by atoms with Gasteiger partial charge in [-0.1, -0.05) is 0 Å². The van der Waals surface area contributed by atoms with E-state index in [1.807, 2.05) is 5.38 Å². The predicted molar refractivity (Wildman–Crippen MR) is 58.7 cm³/mol. The van der Waals surface area contributed by atoms with Gasteiger partial charge in [-0.15, -0.1) is 11.3 Å². The molecule has 1 aliphatic heterocycles. The summed E-state index contributed by atoms with van der Waals surface area (Å²) < 4.78 is 11.0. The summed E-state index contributed by atoms with van der Waals surface area (Å²) in [6.45, 7) is 1.98. The van der Waals surface area contributed by atoms with Gasteiger partial charge in [-0.2, -0.15) is 0 Å². The molecule has 2 heterocycles. The van der Waals surface area contributed by atoms with Crippen LogP contribution in [0.2, 0.25) is 0 Å². The minimum atomic E-state index is -0.240. The lowest BCUT2D eigenvalue weighted by Crippen LogP contribution is -2.35. The van der Waals surface area contributed by atoms with Crippen LogP contribution in [0.3, 0.4) is 0 Å². The van der Waals surface area contributed by atoms with Gasteiger partial charge in [0.15, 0.2) is 0 Å². The molecule has 2 rings (SSSR count). The highest BCUT2D eigenvalue weighted by molar-refractivity contribution is 7.09. The summed E-state index contributed by atoms with van der Waals surface area (Å²) in [6.07, 6.45) is 1.75. The third-order valence-corrected chi connectivity index (χ3v) is 3.92. The number of ether oxygens (including phenoxy) is 2. The van der Waals surface area contributed by atoms with Crippen LogP contribution in [0.4, 0.5) is 0 Å². The minimum Gasteiger partial charge on any atom is -0.381 e. The van der Waals surface area contributed by atoms with Crippen molar-refractivity contribution in [3.8, 4) is 0 Å². The predicted octanol–water partition coefficient (Wildman–Crippen LogP) is 1.25. The molecule has 0 atom stereocenters. The number of aromatic nitrogens is 1. The molecule has 0 aliphatic carbocycles. The summed E-state index contributed by atoms with van der Waals surface area (Å²) in [5.41, 5.74) is 6.26. The Morgan fingerprint density at radius 1 is 1.60 bits per heavy atom. The van der Waals surface area contributed by atoms with E-state index < -0.39 is 0 Å². The normalized spacial score (nSPS) is 20.4. The van der Waals surface area contributed by atoms with Crippen molar-refractivity contribution < 1.29 is 9.47 Å².